The normalized spacial score (nSPS) is 16.8. The molecule has 1 aliphatic rings. The Balaban J connectivity index is 1.93. The molecule has 0 bridgehead atoms. The van der Waals surface area contributed by atoms with Gasteiger partial charge in [0.2, 0.25) is 0 Å². The first-order valence-electron chi connectivity index (χ1n) is 8.81. The molecule has 1 amide bonds. The molecule has 3 aromatic carbocycles. The fourth-order valence-electron chi connectivity index (χ4n) is 3.49. The number of amides is 1. The molecule has 1 heterocycles. The van der Waals surface area contributed by atoms with Gasteiger partial charge in [-0.2, -0.15) is 0 Å². The molecule has 5 heteroatoms. The van der Waals surface area contributed by atoms with Gasteiger partial charge < -0.3 is 5.11 Å². The number of aliphatic hydroxyl groups is 1. The fraction of sp³-hybridized carbons (Fsp3) is 0.0870. The molecule has 3 nitrogen and oxygen atoms in total. The Morgan fingerprint density at radius 3 is 2.25 bits per heavy atom. The van der Waals surface area contributed by atoms with Crippen LogP contribution >= 0.6 is 15.9 Å². The van der Waals surface area contributed by atoms with Crippen LogP contribution in [0, 0.1) is 12.7 Å². The average Bonchev–Trinajstić information content (AvgIpc) is 2.95. The van der Waals surface area contributed by atoms with Gasteiger partial charge in [-0.15, -0.1) is 0 Å². The van der Waals surface area contributed by atoms with Crippen LogP contribution < -0.4 is 4.90 Å². The number of anilines is 1. The van der Waals surface area contributed by atoms with E-state index < -0.39 is 17.8 Å². The number of hydrogen-bond acceptors (Lipinski definition) is 2. The van der Waals surface area contributed by atoms with E-state index in [0.29, 0.717) is 22.4 Å². The molecule has 1 aliphatic heterocycles. The molecule has 0 aromatic heterocycles. The monoisotopic (exact) mass is 437 g/mol. The van der Waals surface area contributed by atoms with Gasteiger partial charge >= 0.3 is 0 Å². The van der Waals surface area contributed by atoms with Crippen LogP contribution in [0.2, 0.25) is 0 Å². The molecule has 0 saturated carbocycles. The van der Waals surface area contributed by atoms with E-state index in [1.54, 1.807) is 30.3 Å². The third-order valence-electron chi connectivity index (χ3n) is 4.88. The summed E-state index contributed by atoms with van der Waals surface area (Å²) >= 11 is 3.38. The summed E-state index contributed by atoms with van der Waals surface area (Å²) < 4.78 is 15.6. The molecule has 0 radical (unpaired) electrons. The summed E-state index contributed by atoms with van der Waals surface area (Å²) in [5.74, 6) is -1.34. The van der Waals surface area contributed by atoms with Crippen molar-refractivity contribution >= 4 is 33.1 Å². The molecular formula is C23H17BrFNO2. The zero-order chi connectivity index (χ0) is 19.8. The predicted molar refractivity (Wildman–Crippen MR) is 111 cm³/mol. The quantitative estimate of drug-likeness (QED) is 0.549. The highest BCUT2D eigenvalue weighted by molar-refractivity contribution is 9.10. The lowest BCUT2D eigenvalue weighted by molar-refractivity contribution is -0.117. The molecule has 1 atom stereocenters. The van der Waals surface area contributed by atoms with Gasteiger partial charge in [0.1, 0.15) is 5.82 Å². The van der Waals surface area contributed by atoms with Crippen molar-refractivity contribution in [3.05, 3.63) is 106 Å². The van der Waals surface area contributed by atoms with Crippen LogP contribution in [0.4, 0.5) is 10.1 Å². The van der Waals surface area contributed by atoms with Crippen LogP contribution in [0.15, 0.2) is 83.0 Å². The van der Waals surface area contributed by atoms with Gasteiger partial charge in [-0.1, -0.05) is 64.0 Å². The van der Waals surface area contributed by atoms with Gasteiger partial charge in [0.25, 0.3) is 5.91 Å². The molecule has 1 unspecified atom stereocenters. The van der Waals surface area contributed by atoms with Crippen LogP contribution in [0.1, 0.15) is 22.7 Å². The van der Waals surface area contributed by atoms with Crippen molar-refractivity contribution in [2.24, 2.45) is 0 Å². The molecule has 0 spiro atoms. The van der Waals surface area contributed by atoms with Crippen LogP contribution in [0.3, 0.4) is 0 Å². The summed E-state index contributed by atoms with van der Waals surface area (Å²) in [6.07, 6.45) is 0. The lowest BCUT2D eigenvalue weighted by Crippen LogP contribution is -2.30. The summed E-state index contributed by atoms with van der Waals surface area (Å²) in [6, 6.07) is 20.2. The largest absolute Gasteiger partial charge is 0.503 e. The number of aliphatic hydroxyl groups excluding tert-OH is 1. The molecule has 0 aliphatic carbocycles. The van der Waals surface area contributed by atoms with Crippen molar-refractivity contribution in [2.75, 3.05) is 4.90 Å². The van der Waals surface area contributed by atoms with E-state index in [0.717, 1.165) is 10.0 Å². The summed E-state index contributed by atoms with van der Waals surface area (Å²) in [4.78, 5) is 14.5. The summed E-state index contributed by atoms with van der Waals surface area (Å²) in [6.45, 7) is 1.96. The van der Waals surface area contributed by atoms with Crippen molar-refractivity contribution in [1.82, 2.24) is 0 Å². The van der Waals surface area contributed by atoms with Gasteiger partial charge in [0.15, 0.2) is 5.76 Å². The first-order valence-corrected chi connectivity index (χ1v) is 9.60. The van der Waals surface area contributed by atoms with E-state index in [2.05, 4.69) is 15.9 Å². The van der Waals surface area contributed by atoms with Crippen molar-refractivity contribution < 1.29 is 14.3 Å². The SMILES string of the molecule is Cc1ccc(C2=C(O)C(=O)N(c3ccc(Br)cc3)C2c2ccccc2F)cc1. The standard InChI is InChI=1S/C23H17BrFNO2/c1-14-6-8-15(9-7-14)20-21(18-4-2-3-5-19(18)25)26(23(28)22(20)27)17-12-10-16(24)11-13-17/h2-13,21,27H,1H3. The molecule has 0 saturated heterocycles. The number of aryl methyl sites for hydroxylation is 1. The molecule has 28 heavy (non-hydrogen) atoms. The van der Waals surface area contributed by atoms with Crippen LogP contribution in [-0.2, 0) is 4.79 Å². The minimum absolute atomic E-state index is 0.332. The highest BCUT2D eigenvalue weighted by atomic mass is 79.9. The molecule has 3 aromatic rings. The van der Waals surface area contributed by atoms with Gasteiger partial charge in [-0.25, -0.2) is 4.39 Å². The second-order valence-electron chi connectivity index (χ2n) is 6.70. The number of rotatable bonds is 3. The predicted octanol–water partition coefficient (Wildman–Crippen LogP) is 5.95. The number of halogens is 2. The van der Waals surface area contributed by atoms with Crippen molar-refractivity contribution in [3.63, 3.8) is 0 Å². The first kappa shape index (κ1) is 18.4. The Labute approximate surface area is 170 Å². The number of benzene rings is 3. The van der Waals surface area contributed by atoms with Crippen LogP contribution in [0.5, 0.6) is 0 Å². The minimum Gasteiger partial charge on any atom is -0.503 e. The lowest BCUT2D eigenvalue weighted by atomic mass is 9.92. The maximum Gasteiger partial charge on any atom is 0.294 e. The van der Waals surface area contributed by atoms with Crippen LogP contribution in [0.25, 0.3) is 5.57 Å². The van der Waals surface area contributed by atoms with Gasteiger partial charge in [-0.05, 0) is 42.8 Å². The third kappa shape index (κ3) is 3.12. The maximum absolute atomic E-state index is 14.8. The van der Waals surface area contributed by atoms with Gasteiger partial charge in [0.05, 0.1) is 6.04 Å². The van der Waals surface area contributed by atoms with E-state index in [4.69, 9.17) is 0 Å². The highest BCUT2D eigenvalue weighted by Crippen LogP contribution is 2.46. The molecule has 4 rings (SSSR count). The van der Waals surface area contributed by atoms with Gasteiger partial charge in [0, 0.05) is 21.3 Å². The van der Waals surface area contributed by atoms with Crippen molar-refractivity contribution in [1.29, 1.82) is 0 Å². The van der Waals surface area contributed by atoms with Crippen molar-refractivity contribution in [2.45, 2.75) is 13.0 Å². The Bertz CT molecular complexity index is 1070. The average molecular weight is 438 g/mol. The highest BCUT2D eigenvalue weighted by Gasteiger charge is 2.42. The maximum atomic E-state index is 14.8. The first-order chi connectivity index (χ1) is 13.5. The van der Waals surface area contributed by atoms with E-state index in [1.807, 2.05) is 43.3 Å². The van der Waals surface area contributed by atoms with Crippen LogP contribution in [-0.4, -0.2) is 11.0 Å². The lowest BCUT2D eigenvalue weighted by Gasteiger charge is -2.27. The summed E-state index contributed by atoms with van der Waals surface area (Å²) in [7, 11) is 0. The number of hydrogen-bond donors (Lipinski definition) is 1. The Kier molecular flexibility index (Phi) is 4.77. The topological polar surface area (TPSA) is 40.5 Å². The second-order valence-corrected chi connectivity index (χ2v) is 7.62. The molecule has 0 fully saturated rings. The van der Waals surface area contributed by atoms with Gasteiger partial charge in [-0.3, -0.25) is 9.69 Å². The minimum atomic E-state index is -0.766. The molecule has 140 valence electrons. The van der Waals surface area contributed by atoms with E-state index in [9.17, 15) is 14.3 Å². The van der Waals surface area contributed by atoms with Crippen molar-refractivity contribution in [3.8, 4) is 0 Å². The second kappa shape index (κ2) is 7.24. The summed E-state index contributed by atoms with van der Waals surface area (Å²) in [5.41, 5.74) is 3.05. The molecular weight excluding hydrogens is 421 g/mol. The zero-order valence-electron chi connectivity index (χ0n) is 15.1. The zero-order valence-corrected chi connectivity index (χ0v) is 16.7. The Hall–Kier alpha value is -2.92. The fourth-order valence-corrected chi connectivity index (χ4v) is 3.76. The number of carbonyl (C=O) groups excluding carboxylic acids is 1. The number of nitrogens with zero attached hydrogens (tertiary/aromatic N) is 1. The Morgan fingerprint density at radius 2 is 1.61 bits per heavy atom. The van der Waals surface area contributed by atoms with E-state index in [1.165, 1.54) is 11.0 Å². The van der Waals surface area contributed by atoms with E-state index in [-0.39, 0.29) is 5.76 Å². The smallest absolute Gasteiger partial charge is 0.294 e. The van der Waals surface area contributed by atoms with E-state index >= 15 is 0 Å². The summed E-state index contributed by atoms with van der Waals surface area (Å²) in [5, 5.41) is 10.7. The Morgan fingerprint density at radius 1 is 0.964 bits per heavy atom. The third-order valence-corrected chi connectivity index (χ3v) is 5.40. The molecule has 1 N–H and O–H groups in total. The number of carbonyl (C=O) groups is 1.